The number of carbonyl (C=O) groups excluding carboxylic acids is 3. The summed E-state index contributed by atoms with van der Waals surface area (Å²) in [6, 6.07) is 19.3. The molecule has 31 heavy (non-hydrogen) atoms. The number of nitro benzene ring substituents is 1. The van der Waals surface area contributed by atoms with Gasteiger partial charge in [-0.1, -0.05) is 42.5 Å². The van der Waals surface area contributed by atoms with Crippen LogP contribution in [-0.4, -0.2) is 22.6 Å². The molecule has 0 aliphatic heterocycles. The van der Waals surface area contributed by atoms with Crippen molar-refractivity contribution in [3.63, 3.8) is 0 Å². The van der Waals surface area contributed by atoms with E-state index >= 15 is 0 Å². The number of para-hydroxylation sites is 1. The van der Waals surface area contributed by atoms with Gasteiger partial charge in [0.2, 0.25) is 5.78 Å². The summed E-state index contributed by atoms with van der Waals surface area (Å²) in [4.78, 5) is 47.7. The van der Waals surface area contributed by atoms with Gasteiger partial charge in [-0.15, -0.1) is 0 Å². The average molecular weight is 419 g/mol. The van der Waals surface area contributed by atoms with E-state index in [-0.39, 0.29) is 22.6 Å². The van der Waals surface area contributed by atoms with E-state index in [1.54, 1.807) is 42.5 Å². The van der Waals surface area contributed by atoms with E-state index in [1.165, 1.54) is 43.3 Å². The van der Waals surface area contributed by atoms with E-state index in [9.17, 15) is 24.5 Å². The zero-order valence-electron chi connectivity index (χ0n) is 16.4. The van der Waals surface area contributed by atoms with Crippen molar-refractivity contribution in [3.8, 4) is 5.75 Å². The molecule has 0 spiro atoms. The molecule has 3 aromatic carbocycles. The molecule has 0 unspecified atom stereocenters. The number of benzene rings is 3. The Balaban J connectivity index is 1.97. The highest BCUT2D eigenvalue weighted by atomic mass is 16.6. The number of ether oxygens (including phenoxy) is 2. The Bertz CT molecular complexity index is 1120. The van der Waals surface area contributed by atoms with E-state index in [0.717, 1.165) is 0 Å². The SMILES string of the molecule is CC(=O)Oc1ccccc1C(=O)O[C@H](C(=O)c1ccccc1)c1ccc([N+](=O)[O-])cc1. The minimum absolute atomic E-state index is 0.00499. The van der Waals surface area contributed by atoms with Gasteiger partial charge in [-0.25, -0.2) is 4.79 Å². The van der Waals surface area contributed by atoms with E-state index in [4.69, 9.17) is 9.47 Å². The Morgan fingerprint density at radius 1 is 0.871 bits per heavy atom. The van der Waals surface area contributed by atoms with Gasteiger partial charge in [-0.3, -0.25) is 19.7 Å². The fourth-order valence-electron chi connectivity index (χ4n) is 2.85. The van der Waals surface area contributed by atoms with Crippen LogP contribution >= 0.6 is 0 Å². The first-order valence-electron chi connectivity index (χ1n) is 9.19. The van der Waals surface area contributed by atoms with Gasteiger partial charge in [0.1, 0.15) is 11.3 Å². The smallest absolute Gasteiger partial charge is 0.343 e. The summed E-state index contributed by atoms with van der Waals surface area (Å²) in [5.41, 5.74) is 0.358. The quantitative estimate of drug-likeness (QED) is 0.184. The Labute approximate surface area is 177 Å². The predicted molar refractivity (Wildman–Crippen MR) is 110 cm³/mol. The maximum atomic E-state index is 13.1. The Hall–Kier alpha value is -4.33. The first kappa shape index (κ1) is 21.4. The van der Waals surface area contributed by atoms with Crippen molar-refractivity contribution in [1.29, 1.82) is 0 Å². The summed E-state index contributed by atoms with van der Waals surface area (Å²) in [6.45, 7) is 1.20. The number of nitrogens with zero attached hydrogens (tertiary/aromatic N) is 1. The molecule has 0 radical (unpaired) electrons. The van der Waals surface area contributed by atoms with Crippen molar-refractivity contribution in [2.45, 2.75) is 13.0 Å². The van der Waals surface area contributed by atoms with Crippen molar-refractivity contribution in [2.75, 3.05) is 0 Å². The molecule has 3 rings (SSSR count). The largest absolute Gasteiger partial charge is 0.445 e. The highest BCUT2D eigenvalue weighted by Crippen LogP contribution is 2.28. The van der Waals surface area contributed by atoms with Crippen molar-refractivity contribution >= 4 is 23.4 Å². The Morgan fingerprint density at radius 2 is 1.48 bits per heavy atom. The maximum Gasteiger partial charge on any atom is 0.343 e. The summed E-state index contributed by atoms with van der Waals surface area (Å²) in [7, 11) is 0. The van der Waals surface area contributed by atoms with Crippen LogP contribution in [0.3, 0.4) is 0 Å². The molecule has 0 bridgehead atoms. The highest BCUT2D eigenvalue weighted by molar-refractivity contribution is 6.02. The summed E-state index contributed by atoms with van der Waals surface area (Å²) >= 11 is 0. The molecule has 156 valence electrons. The molecule has 0 aliphatic rings. The minimum atomic E-state index is -1.36. The number of ketones is 1. The van der Waals surface area contributed by atoms with Gasteiger partial charge < -0.3 is 9.47 Å². The molecule has 8 heteroatoms. The average Bonchev–Trinajstić information content (AvgIpc) is 2.77. The van der Waals surface area contributed by atoms with Gasteiger partial charge in [0.05, 0.1) is 4.92 Å². The normalized spacial score (nSPS) is 11.3. The zero-order chi connectivity index (χ0) is 22.4. The number of nitro groups is 1. The second-order valence-corrected chi connectivity index (χ2v) is 6.45. The van der Waals surface area contributed by atoms with Crippen molar-refractivity contribution in [2.24, 2.45) is 0 Å². The number of carbonyl (C=O) groups is 3. The van der Waals surface area contributed by atoms with Crippen LogP contribution in [0, 0.1) is 10.1 Å². The second-order valence-electron chi connectivity index (χ2n) is 6.45. The summed E-state index contributed by atoms with van der Waals surface area (Å²) in [5, 5.41) is 10.9. The molecule has 8 nitrogen and oxygen atoms in total. The first-order valence-corrected chi connectivity index (χ1v) is 9.19. The lowest BCUT2D eigenvalue weighted by atomic mass is 9.99. The lowest BCUT2D eigenvalue weighted by Gasteiger charge is -2.18. The van der Waals surface area contributed by atoms with Gasteiger partial charge >= 0.3 is 11.9 Å². The monoisotopic (exact) mass is 419 g/mol. The molecule has 0 heterocycles. The number of hydrogen-bond acceptors (Lipinski definition) is 7. The fraction of sp³-hybridized carbons (Fsp3) is 0.0870. The molecule has 3 aromatic rings. The zero-order valence-corrected chi connectivity index (χ0v) is 16.4. The van der Waals surface area contributed by atoms with Crippen molar-refractivity contribution < 1.29 is 28.8 Å². The Kier molecular flexibility index (Phi) is 6.51. The highest BCUT2D eigenvalue weighted by Gasteiger charge is 2.28. The summed E-state index contributed by atoms with van der Waals surface area (Å²) in [5.74, 6) is -2.01. The summed E-state index contributed by atoms with van der Waals surface area (Å²) in [6.07, 6.45) is -1.36. The molecule has 0 N–H and O–H groups in total. The van der Waals surface area contributed by atoms with Crippen LogP contribution in [0.4, 0.5) is 5.69 Å². The van der Waals surface area contributed by atoms with E-state index in [1.807, 2.05) is 0 Å². The van der Waals surface area contributed by atoms with Crippen LogP contribution in [0.1, 0.15) is 39.3 Å². The van der Waals surface area contributed by atoms with Gasteiger partial charge in [0, 0.05) is 30.2 Å². The van der Waals surface area contributed by atoms with Crippen molar-refractivity contribution in [3.05, 3.63) is 106 Å². The standard InChI is InChI=1S/C23H17NO7/c1-15(25)30-20-10-6-5-9-19(20)23(27)31-22(21(26)16-7-3-2-4-8-16)17-11-13-18(14-12-17)24(28)29/h2-14,22H,1H3/t22-/m0/s1. The van der Waals surface area contributed by atoms with E-state index in [0.29, 0.717) is 5.56 Å². The fourth-order valence-corrected chi connectivity index (χ4v) is 2.85. The molecule has 0 saturated carbocycles. The van der Waals surface area contributed by atoms with E-state index < -0.39 is 28.7 Å². The van der Waals surface area contributed by atoms with Crippen LogP contribution in [0.25, 0.3) is 0 Å². The molecule has 1 atom stereocenters. The molecular formula is C23H17NO7. The predicted octanol–water partition coefficient (Wildman–Crippen LogP) is 4.30. The second kappa shape index (κ2) is 9.45. The number of Topliss-reactive ketones (excluding diaryl/α,β-unsaturated/α-hetero) is 1. The molecule has 0 fully saturated rings. The molecule has 0 amide bonds. The lowest BCUT2D eigenvalue weighted by Crippen LogP contribution is -2.21. The van der Waals surface area contributed by atoms with Crippen LogP contribution < -0.4 is 4.74 Å². The Morgan fingerprint density at radius 3 is 2.10 bits per heavy atom. The third-order valence-electron chi connectivity index (χ3n) is 4.29. The number of hydrogen-bond donors (Lipinski definition) is 0. The molecule has 0 saturated heterocycles. The van der Waals surface area contributed by atoms with Crippen LogP contribution in [0.5, 0.6) is 5.75 Å². The van der Waals surface area contributed by atoms with Gasteiger partial charge in [-0.2, -0.15) is 0 Å². The summed E-state index contributed by atoms with van der Waals surface area (Å²) < 4.78 is 10.6. The van der Waals surface area contributed by atoms with Crippen LogP contribution in [0.15, 0.2) is 78.9 Å². The van der Waals surface area contributed by atoms with Gasteiger partial charge in [0.15, 0.2) is 6.10 Å². The third kappa shape index (κ3) is 5.18. The number of rotatable bonds is 7. The molecule has 0 aromatic heterocycles. The van der Waals surface area contributed by atoms with E-state index in [2.05, 4.69) is 0 Å². The number of esters is 2. The lowest BCUT2D eigenvalue weighted by molar-refractivity contribution is -0.384. The molecular weight excluding hydrogens is 402 g/mol. The van der Waals surface area contributed by atoms with Crippen LogP contribution in [0.2, 0.25) is 0 Å². The van der Waals surface area contributed by atoms with Gasteiger partial charge in [-0.05, 0) is 24.3 Å². The minimum Gasteiger partial charge on any atom is -0.445 e. The molecule has 0 aliphatic carbocycles. The first-order chi connectivity index (χ1) is 14.9. The maximum absolute atomic E-state index is 13.1. The topological polar surface area (TPSA) is 113 Å². The van der Waals surface area contributed by atoms with Crippen LogP contribution in [-0.2, 0) is 9.53 Å². The number of non-ortho nitro benzene ring substituents is 1. The van der Waals surface area contributed by atoms with Gasteiger partial charge in [0.25, 0.3) is 5.69 Å². The van der Waals surface area contributed by atoms with Crippen molar-refractivity contribution in [1.82, 2.24) is 0 Å². The third-order valence-corrected chi connectivity index (χ3v) is 4.29.